The van der Waals surface area contributed by atoms with E-state index >= 15 is 0 Å². The number of hydrogen-bond donors (Lipinski definition) is 2. The topological polar surface area (TPSA) is 91.2 Å². The third-order valence-electron chi connectivity index (χ3n) is 6.13. The lowest BCUT2D eigenvalue weighted by molar-refractivity contribution is 0.0375. The minimum Gasteiger partial charge on any atom is -0.387 e. The van der Waals surface area contributed by atoms with Gasteiger partial charge in [0, 0.05) is 48.1 Å². The highest BCUT2D eigenvalue weighted by molar-refractivity contribution is 7.89. The van der Waals surface area contributed by atoms with Crippen molar-refractivity contribution in [2.24, 2.45) is 0 Å². The van der Waals surface area contributed by atoms with Gasteiger partial charge in [0.1, 0.15) is 11.6 Å². The molecular formula is C23H23FN4O3S. The first-order chi connectivity index (χ1) is 15.2. The van der Waals surface area contributed by atoms with Crippen molar-refractivity contribution in [2.45, 2.75) is 30.4 Å². The van der Waals surface area contributed by atoms with Crippen LogP contribution in [0.15, 0.2) is 66.0 Å². The van der Waals surface area contributed by atoms with Crippen LogP contribution in [0.1, 0.15) is 12.2 Å². The van der Waals surface area contributed by atoms with Crippen molar-refractivity contribution < 1.29 is 17.9 Å². The fraction of sp³-hybridized carbons (Fsp3) is 0.261. The summed E-state index contributed by atoms with van der Waals surface area (Å²) >= 11 is 0. The van der Waals surface area contributed by atoms with Crippen molar-refractivity contribution in [3.63, 3.8) is 0 Å². The highest BCUT2D eigenvalue weighted by atomic mass is 32.2. The van der Waals surface area contributed by atoms with Crippen LogP contribution in [0.2, 0.25) is 0 Å². The lowest BCUT2D eigenvalue weighted by atomic mass is 10.0. The number of aliphatic hydroxyl groups is 1. The molecule has 0 saturated carbocycles. The SMILES string of the molecule is Cc1nccn1CC1(O)CCN(S(=O)(=O)c2ccc(-c3c[nH]c4cc(F)ccc34)cc2)C1. The summed E-state index contributed by atoms with van der Waals surface area (Å²) in [5.74, 6) is 0.455. The highest BCUT2D eigenvalue weighted by Gasteiger charge is 2.42. The summed E-state index contributed by atoms with van der Waals surface area (Å²) in [6.07, 6.45) is 5.58. The summed E-state index contributed by atoms with van der Waals surface area (Å²) in [5.41, 5.74) is 1.24. The molecule has 2 aromatic heterocycles. The van der Waals surface area contributed by atoms with Crippen LogP contribution in [0.3, 0.4) is 0 Å². The summed E-state index contributed by atoms with van der Waals surface area (Å²) < 4.78 is 43.0. The van der Waals surface area contributed by atoms with E-state index in [1.165, 1.54) is 16.4 Å². The molecule has 1 aliphatic rings. The summed E-state index contributed by atoms with van der Waals surface area (Å²) in [6, 6.07) is 11.2. The zero-order valence-electron chi connectivity index (χ0n) is 17.5. The van der Waals surface area contributed by atoms with Crippen molar-refractivity contribution >= 4 is 20.9 Å². The number of aromatic amines is 1. The molecule has 0 amide bonds. The van der Waals surface area contributed by atoms with Gasteiger partial charge in [-0.1, -0.05) is 12.1 Å². The number of hydrogen-bond acceptors (Lipinski definition) is 4. The van der Waals surface area contributed by atoms with Gasteiger partial charge in [-0.25, -0.2) is 17.8 Å². The van der Waals surface area contributed by atoms with Gasteiger partial charge in [-0.3, -0.25) is 0 Å². The van der Waals surface area contributed by atoms with E-state index in [2.05, 4.69) is 9.97 Å². The number of nitrogens with one attached hydrogen (secondary N) is 1. The zero-order chi connectivity index (χ0) is 22.5. The lowest BCUT2D eigenvalue weighted by Gasteiger charge is -2.24. The number of aromatic nitrogens is 3. The third kappa shape index (κ3) is 3.62. The van der Waals surface area contributed by atoms with Crippen LogP contribution in [0.4, 0.5) is 4.39 Å². The standard InChI is InChI=1S/C23H23FN4O3S/c1-16-25-9-11-27(16)14-23(29)8-10-28(15-23)32(30,31)19-5-2-17(3-6-19)21-13-26-22-12-18(24)4-7-20(21)22/h2-7,9,11-13,26,29H,8,10,14-15H2,1H3. The van der Waals surface area contributed by atoms with Crippen molar-refractivity contribution in [2.75, 3.05) is 13.1 Å². The Bertz CT molecular complexity index is 1390. The second-order valence-corrected chi connectivity index (χ2v) is 10.3. The minimum absolute atomic E-state index is 0.0305. The Morgan fingerprint density at radius 2 is 2.00 bits per heavy atom. The molecular weight excluding hydrogens is 431 g/mol. The maximum absolute atomic E-state index is 13.4. The lowest BCUT2D eigenvalue weighted by Crippen LogP contribution is -2.39. The summed E-state index contributed by atoms with van der Waals surface area (Å²) in [6.45, 7) is 2.43. The van der Waals surface area contributed by atoms with E-state index in [1.807, 2.05) is 11.5 Å². The molecule has 0 aliphatic carbocycles. The molecule has 3 heterocycles. The van der Waals surface area contributed by atoms with Crippen LogP contribution in [0.5, 0.6) is 0 Å². The predicted molar refractivity (Wildman–Crippen MR) is 119 cm³/mol. The number of aryl methyl sites for hydroxylation is 1. The Morgan fingerprint density at radius 3 is 2.72 bits per heavy atom. The zero-order valence-corrected chi connectivity index (χ0v) is 18.3. The number of β-amino-alcohol motifs (C(OH)–C–C–N with tert-alkyl or cyclic N) is 1. The largest absolute Gasteiger partial charge is 0.387 e. The maximum Gasteiger partial charge on any atom is 0.243 e. The fourth-order valence-electron chi connectivity index (χ4n) is 4.33. The van der Waals surface area contributed by atoms with Gasteiger partial charge in [0.15, 0.2) is 0 Å². The molecule has 9 heteroatoms. The summed E-state index contributed by atoms with van der Waals surface area (Å²) in [4.78, 5) is 7.38. The quantitative estimate of drug-likeness (QED) is 0.484. The van der Waals surface area contributed by atoms with Gasteiger partial charge in [0.2, 0.25) is 10.0 Å². The van der Waals surface area contributed by atoms with Crippen molar-refractivity contribution in [1.82, 2.24) is 18.8 Å². The molecule has 4 aromatic rings. The number of fused-ring (bicyclic) bond motifs is 1. The van der Waals surface area contributed by atoms with Gasteiger partial charge in [-0.15, -0.1) is 0 Å². The van der Waals surface area contributed by atoms with Crippen LogP contribution in [0, 0.1) is 12.7 Å². The maximum atomic E-state index is 13.4. The van der Waals surface area contributed by atoms with E-state index in [0.29, 0.717) is 18.5 Å². The van der Waals surface area contributed by atoms with Crippen LogP contribution >= 0.6 is 0 Å². The van der Waals surface area contributed by atoms with E-state index in [-0.39, 0.29) is 23.8 Å². The molecule has 0 bridgehead atoms. The second-order valence-electron chi connectivity index (χ2n) is 8.33. The molecule has 0 radical (unpaired) electrons. The number of nitrogens with zero attached hydrogens (tertiary/aromatic N) is 3. The predicted octanol–water partition coefficient (Wildman–Crippen LogP) is 3.30. The average Bonchev–Trinajstić information content (AvgIpc) is 3.47. The number of imidazole rings is 1. The molecule has 1 atom stereocenters. The summed E-state index contributed by atoms with van der Waals surface area (Å²) in [5, 5.41) is 11.8. The molecule has 166 valence electrons. The Labute approximate surface area is 185 Å². The van der Waals surface area contributed by atoms with Gasteiger partial charge in [-0.05, 0) is 49.2 Å². The first kappa shape index (κ1) is 20.9. The minimum atomic E-state index is -3.74. The molecule has 1 fully saturated rings. The number of halogens is 1. The third-order valence-corrected chi connectivity index (χ3v) is 7.99. The molecule has 7 nitrogen and oxygen atoms in total. The van der Waals surface area contributed by atoms with E-state index in [1.54, 1.807) is 48.9 Å². The van der Waals surface area contributed by atoms with Crippen molar-refractivity contribution in [1.29, 1.82) is 0 Å². The second kappa shape index (κ2) is 7.54. The first-order valence-electron chi connectivity index (χ1n) is 10.3. The Morgan fingerprint density at radius 1 is 1.22 bits per heavy atom. The molecule has 1 aliphatic heterocycles. The molecule has 2 N–H and O–H groups in total. The van der Waals surface area contributed by atoms with Crippen LogP contribution in [0.25, 0.3) is 22.0 Å². The molecule has 1 unspecified atom stereocenters. The van der Waals surface area contributed by atoms with E-state index in [9.17, 15) is 17.9 Å². The van der Waals surface area contributed by atoms with Gasteiger partial charge in [0.25, 0.3) is 0 Å². The molecule has 32 heavy (non-hydrogen) atoms. The number of rotatable bonds is 5. The number of sulfonamides is 1. The van der Waals surface area contributed by atoms with Gasteiger partial charge < -0.3 is 14.7 Å². The van der Waals surface area contributed by atoms with E-state index in [4.69, 9.17) is 0 Å². The number of benzene rings is 2. The first-order valence-corrected chi connectivity index (χ1v) is 11.8. The van der Waals surface area contributed by atoms with Crippen LogP contribution in [-0.2, 0) is 16.6 Å². The highest BCUT2D eigenvalue weighted by Crippen LogP contribution is 2.32. The average molecular weight is 455 g/mol. The molecule has 5 rings (SSSR count). The van der Waals surface area contributed by atoms with E-state index in [0.717, 1.165) is 22.3 Å². The summed E-state index contributed by atoms with van der Waals surface area (Å²) in [7, 11) is -3.74. The van der Waals surface area contributed by atoms with Crippen molar-refractivity contribution in [3.8, 4) is 11.1 Å². The molecule has 1 saturated heterocycles. The van der Waals surface area contributed by atoms with Crippen LogP contribution in [-0.4, -0.2) is 51.1 Å². The Kier molecular flexibility index (Phi) is 4.92. The van der Waals surface area contributed by atoms with Gasteiger partial charge in [0.05, 0.1) is 17.0 Å². The van der Waals surface area contributed by atoms with Gasteiger partial charge in [-0.2, -0.15) is 4.31 Å². The fourth-order valence-corrected chi connectivity index (χ4v) is 5.85. The molecule has 2 aromatic carbocycles. The van der Waals surface area contributed by atoms with Crippen LogP contribution < -0.4 is 0 Å². The normalized spacial score (nSPS) is 19.7. The van der Waals surface area contributed by atoms with Crippen molar-refractivity contribution in [3.05, 3.63) is 72.7 Å². The smallest absolute Gasteiger partial charge is 0.243 e. The number of H-pyrrole nitrogens is 1. The Balaban J connectivity index is 1.37. The molecule has 0 spiro atoms. The Hall–Kier alpha value is -3.01. The monoisotopic (exact) mass is 454 g/mol. The van der Waals surface area contributed by atoms with Gasteiger partial charge >= 0.3 is 0 Å². The van der Waals surface area contributed by atoms with E-state index < -0.39 is 15.6 Å².